The Hall–Kier alpha value is -0.580. The Balaban J connectivity index is 2.15. The lowest BCUT2D eigenvalue weighted by atomic mass is 9.93. The molecule has 1 aliphatic rings. The van der Waals surface area contributed by atoms with Gasteiger partial charge in [-0.2, -0.15) is 0 Å². The molecule has 1 saturated heterocycles. The molecule has 0 unspecified atom stereocenters. The lowest BCUT2D eigenvalue weighted by molar-refractivity contribution is -0.00204. The molecule has 1 amide bonds. The van der Waals surface area contributed by atoms with Gasteiger partial charge in [-0.1, -0.05) is 11.6 Å². The van der Waals surface area contributed by atoms with Crippen LogP contribution in [0, 0.1) is 0 Å². The van der Waals surface area contributed by atoms with Crippen molar-refractivity contribution in [3.8, 4) is 0 Å². The first-order chi connectivity index (χ1) is 8.39. The van der Waals surface area contributed by atoms with Crippen LogP contribution in [0.1, 0.15) is 30.1 Å². The number of nitrogens with zero attached hydrogens (tertiary/aromatic N) is 1. The van der Waals surface area contributed by atoms with E-state index in [9.17, 15) is 9.90 Å². The summed E-state index contributed by atoms with van der Waals surface area (Å²) < 4.78 is 0.745. The normalized spacial score (nSPS) is 18.8. The lowest BCUT2D eigenvalue weighted by Crippen LogP contribution is -2.45. The van der Waals surface area contributed by atoms with Crippen LogP contribution < -0.4 is 0 Å². The van der Waals surface area contributed by atoms with Crippen LogP contribution in [0.3, 0.4) is 0 Å². The first-order valence-corrected chi connectivity index (χ1v) is 7.03. The molecule has 0 radical (unpaired) electrons. The summed E-state index contributed by atoms with van der Waals surface area (Å²) in [5.41, 5.74) is -0.0773. The van der Waals surface area contributed by atoms with Crippen molar-refractivity contribution in [3.63, 3.8) is 0 Å². The minimum Gasteiger partial charge on any atom is -0.390 e. The molecule has 3 nitrogen and oxygen atoms in total. The van der Waals surface area contributed by atoms with Crippen molar-refractivity contribution >= 4 is 33.4 Å². The summed E-state index contributed by atoms with van der Waals surface area (Å²) in [6, 6.07) is 5.18. The predicted octanol–water partition coefficient (Wildman–Crippen LogP) is 3.09. The van der Waals surface area contributed by atoms with Gasteiger partial charge in [-0.05, 0) is 53.9 Å². The Kier molecular flexibility index (Phi) is 3.99. The number of piperidine rings is 1. The molecule has 5 heteroatoms. The van der Waals surface area contributed by atoms with Crippen molar-refractivity contribution in [3.05, 3.63) is 33.3 Å². The van der Waals surface area contributed by atoms with E-state index in [4.69, 9.17) is 11.6 Å². The van der Waals surface area contributed by atoms with Gasteiger partial charge in [-0.15, -0.1) is 0 Å². The fourth-order valence-corrected chi connectivity index (χ4v) is 2.61. The van der Waals surface area contributed by atoms with E-state index >= 15 is 0 Å². The maximum Gasteiger partial charge on any atom is 0.255 e. The largest absolute Gasteiger partial charge is 0.390 e. The molecule has 0 aliphatic carbocycles. The summed E-state index contributed by atoms with van der Waals surface area (Å²) >= 11 is 9.28. The average Bonchev–Trinajstić information content (AvgIpc) is 2.31. The van der Waals surface area contributed by atoms with Crippen molar-refractivity contribution < 1.29 is 9.90 Å². The highest BCUT2D eigenvalue weighted by molar-refractivity contribution is 9.10. The number of hydrogen-bond donors (Lipinski definition) is 1. The molecule has 1 fully saturated rings. The van der Waals surface area contributed by atoms with E-state index in [1.807, 2.05) is 6.92 Å². The second kappa shape index (κ2) is 5.19. The van der Waals surface area contributed by atoms with Crippen LogP contribution in [0.5, 0.6) is 0 Å². The van der Waals surface area contributed by atoms with E-state index in [0.717, 1.165) is 4.47 Å². The molecule has 0 atom stereocenters. The SMILES string of the molecule is CC1(O)CCN(C(=O)c2cc(Cl)ccc2Br)CC1. The van der Waals surface area contributed by atoms with Gasteiger partial charge >= 0.3 is 0 Å². The highest BCUT2D eigenvalue weighted by Gasteiger charge is 2.30. The molecule has 0 saturated carbocycles. The summed E-state index contributed by atoms with van der Waals surface area (Å²) in [6.45, 7) is 2.96. The second-order valence-corrected chi connectivity index (χ2v) is 6.20. The number of likely N-dealkylation sites (tertiary alicyclic amines) is 1. The zero-order chi connectivity index (χ0) is 13.3. The molecular formula is C13H15BrClNO2. The fraction of sp³-hybridized carbons (Fsp3) is 0.462. The number of halogens is 2. The number of amides is 1. The quantitative estimate of drug-likeness (QED) is 0.858. The highest BCUT2D eigenvalue weighted by Crippen LogP contribution is 2.26. The third kappa shape index (κ3) is 3.05. The predicted molar refractivity (Wildman–Crippen MR) is 74.9 cm³/mol. The van der Waals surface area contributed by atoms with Crippen LogP contribution in [-0.4, -0.2) is 34.6 Å². The number of carbonyl (C=O) groups excluding carboxylic acids is 1. The van der Waals surface area contributed by atoms with E-state index in [1.54, 1.807) is 23.1 Å². The van der Waals surface area contributed by atoms with E-state index in [2.05, 4.69) is 15.9 Å². The van der Waals surface area contributed by atoms with Gasteiger partial charge in [0, 0.05) is 22.6 Å². The van der Waals surface area contributed by atoms with Crippen molar-refractivity contribution in [2.24, 2.45) is 0 Å². The van der Waals surface area contributed by atoms with Gasteiger partial charge in [0.15, 0.2) is 0 Å². The summed E-state index contributed by atoms with van der Waals surface area (Å²) in [4.78, 5) is 14.1. The molecule has 0 spiro atoms. The van der Waals surface area contributed by atoms with E-state index in [-0.39, 0.29) is 5.91 Å². The van der Waals surface area contributed by atoms with Gasteiger partial charge in [0.05, 0.1) is 11.2 Å². The molecule has 1 aliphatic heterocycles. The smallest absolute Gasteiger partial charge is 0.255 e. The molecule has 1 aromatic carbocycles. The van der Waals surface area contributed by atoms with Crippen LogP contribution in [-0.2, 0) is 0 Å². The van der Waals surface area contributed by atoms with Crippen LogP contribution in [0.15, 0.2) is 22.7 Å². The Morgan fingerprint density at radius 1 is 1.44 bits per heavy atom. The fourth-order valence-electron chi connectivity index (χ4n) is 2.02. The maximum atomic E-state index is 12.3. The Labute approximate surface area is 120 Å². The third-order valence-electron chi connectivity index (χ3n) is 3.29. The first kappa shape index (κ1) is 13.8. The summed E-state index contributed by atoms with van der Waals surface area (Å²) in [5.74, 6) is -0.0418. The Bertz CT molecular complexity index is 466. The van der Waals surface area contributed by atoms with E-state index in [1.165, 1.54) is 0 Å². The Morgan fingerprint density at radius 2 is 2.06 bits per heavy atom. The third-order valence-corrected chi connectivity index (χ3v) is 4.21. The summed E-state index contributed by atoms with van der Waals surface area (Å²) in [7, 11) is 0. The zero-order valence-electron chi connectivity index (χ0n) is 10.1. The van der Waals surface area contributed by atoms with Crippen molar-refractivity contribution in [2.75, 3.05) is 13.1 Å². The molecule has 0 bridgehead atoms. The number of carbonyl (C=O) groups is 1. The molecule has 18 heavy (non-hydrogen) atoms. The maximum absolute atomic E-state index is 12.3. The number of aliphatic hydroxyl groups is 1. The lowest BCUT2D eigenvalue weighted by Gasteiger charge is -2.36. The minimum atomic E-state index is -0.650. The van der Waals surface area contributed by atoms with Crippen LogP contribution >= 0.6 is 27.5 Å². The van der Waals surface area contributed by atoms with Crippen LogP contribution in [0.2, 0.25) is 5.02 Å². The number of rotatable bonds is 1. The monoisotopic (exact) mass is 331 g/mol. The van der Waals surface area contributed by atoms with Crippen molar-refractivity contribution in [2.45, 2.75) is 25.4 Å². The van der Waals surface area contributed by atoms with Gasteiger partial charge in [-0.25, -0.2) is 0 Å². The van der Waals surface area contributed by atoms with Gasteiger partial charge in [0.25, 0.3) is 5.91 Å². The molecule has 98 valence electrons. The van der Waals surface area contributed by atoms with Crippen LogP contribution in [0.25, 0.3) is 0 Å². The van der Waals surface area contributed by atoms with Crippen molar-refractivity contribution in [1.29, 1.82) is 0 Å². The van der Waals surface area contributed by atoms with Gasteiger partial charge in [-0.3, -0.25) is 4.79 Å². The first-order valence-electron chi connectivity index (χ1n) is 5.86. The van der Waals surface area contributed by atoms with Gasteiger partial charge in [0.1, 0.15) is 0 Å². The molecule has 1 N–H and O–H groups in total. The van der Waals surface area contributed by atoms with Crippen molar-refractivity contribution in [1.82, 2.24) is 4.90 Å². The second-order valence-electron chi connectivity index (χ2n) is 4.91. The standard InChI is InChI=1S/C13H15BrClNO2/c1-13(18)4-6-16(7-5-13)12(17)10-8-9(15)2-3-11(10)14/h2-3,8,18H,4-7H2,1H3. The average molecular weight is 333 g/mol. The van der Waals surface area contributed by atoms with E-state index in [0.29, 0.717) is 36.5 Å². The molecule has 1 heterocycles. The Morgan fingerprint density at radius 3 is 2.67 bits per heavy atom. The molecule has 2 rings (SSSR count). The summed E-state index contributed by atoms with van der Waals surface area (Å²) in [6.07, 6.45) is 1.22. The number of benzene rings is 1. The van der Waals surface area contributed by atoms with E-state index < -0.39 is 5.60 Å². The topological polar surface area (TPSA) is 40.5 Å². The minimum absolute atomic E-state index is 0.0418. The van der Waals surface area contributed by atoms with Gasteiger partial charge in [0.2, 0.25) is 0 Å². The molecular weight excluding hydrogens is 318 g/mol. The van der Waals surface area contributed by atoms with Gasteiger partial charge < -0.3 is 10.0 Å². The molecule has 0 aromatic heterocycles. The summed E-state index contributed by atoms with van der Waals surface area (Å²) in [5, 5.41) is 10.4. The zero-order valence-corrected chi connectivity index (χ0v) is 12.5. The highest BCUT2D eigenvalue weighted by atomic mass is 79.9. The van der Waals surface area contributed by atoms with Crippen LogP contribution in [0.4, 0.5) is 0 Å². The molecule has 1 aromatic rings. The number of hydrogen-bond acceptors (Lipinski definition) is 2.